The van der Waals surface area contributed by atoms with Crippen LogP contribution < -0.4 is 14.8 Å². The summed E-state index contributed by atoms with van der Waals surface area (Å²) in [5, 5.41) is 3.23. The first kappa shape index (κ1) is 19.3. The predicted molar refractivity (Wildman–Crippen MR) is 89.7 cm³/mol. The van der Waals surface area contributed by atoms with Gasteiger partial charge in [0.15, 0.2) is 0 Å². The molecule has 0 spiro atoms. The first-order valence-electron chi connectivity index (χ1n) is 7.78. The molecule has 0 radical (unpaired) electrons. The fourth-order valence-electron chi connectivity index (χ4n) is 2.97. The minimum Gasteiger partial charge on any atom is -0.496 e. The van der Waals surface area contributed by atoms with E-state index in [1.165, 1.54) is 14.2 Å². The lowest BCUT2D eigenvalue weighted by Gasteiger charge is -2.36. The molecule has 0 amide bonds. The molecule has 136 valence electrons. The molecule has 1 aliphatic heterocycles. The maximum absolute atomic E-state index is 12.8. The fraction of sp³-hybridized carbons (Fsp3) is 0.625. The molecule has 0 saturated carbocycles. The molecule has 1 saturated heterocycles. The van der Waals surface area contributed by atoms with E-state index in [-0.39, 0.29) is 12.5 Å². The Morgan fingerprint density at radius 2 is 1.79 bits per heavy atom. The number of nitrogens with one attached hydrogen (secondary N) is 1. The highest BCUT2D eigenvalue weighted by Gasteiger charge is 2.32. The van der Waals surface area contributed by atoms with Crippen LogP contribution in [0.5, 0.6) is 11.5 Å². The van der Waals surface area contributed by atoms with Gasteiger partial charge in [-0.15, -0.1) is 0 Å². The van der Waals surface area contributed by atoms with Crippen LogP contribution in [-0.2, 0) is 0 Å². The second-order valence-corrected chi connectivity index (χ2v) is 6.54. The van der Waals surface area contributed by atoms with Crippen molar-refractivity contribution in [3.8, 4) is 11.5 Å². The summed E-state index contributed by atoms with van der Waals surface area (Å²) in [6.07, 6.45) is -5.02. The minimum atomic E-state index is -4.18. The Kier molecular flexibility index (Phi) is 6.77. The summed E-state index contributed by atoms with van der Waals surface area (Å²) in [5.74, 6) is 1.14. The van der Waals surface area contributed by atoms with Gasteiger partial charge < -0.3 is 14.8 Å². The number of halogens is 4. The number of nitrogens with zero attached hydrogens (tertiary/aromatic N) is 1. The summed E-state index contributed by atoms with van der Waals surface area (Å²) in [6.45, 7) is 2.92. The van der Waals surface area contributed by atoms with Crippen molar-refractivity contribution >= 4 is 15.9 Å². The van der Waals surface area contributed by atoms with Crippen LogP contribution in [0.1, 0.15) is 24.4 Å². The number of hydrogen-bond acceptors (Lipinski definition) is 4. The Labute approximate surface area is 148 Å². The van der Waals surface area contributed by atoms with Crippen LogP contribution in [0.2, 0.25) is 0 Å². The second-order valence-electron chi connectivity index (χ2n) is 5.68. The highest BCUT2D eigenvalue weighted by Crippen LogP contribution is 2.40. The van der Waals surface area contributed by atoms with Gasteiger partial charge in [0, 0.05) is 44.2 Å². The number of rotatable bonds is 6. The largest absolute Gasteiger partial charge is 0.496 e. The van der Waals surface area contributed by atoms with Gasteiger partial charge >= 0.3 is 6.18 Å². The Morgan fingerprint density at radius 1 is 1.17 bits per heavy atom. The third-order valence-corrected chi connectivity index (χ3v) is 4.78. The van der Waals surface area contributed by atoms with Gasteiger partial charge in [-0.25, -0.2) is 0 Å². The van der Waals surface area contributed by atoms with Crippen LogP contribution in [-0.4, -0.2) is 51.5 Å². The average Bonchev–Trinajstić information content (AvgIpc) is 2.55. The van der Waals surface area contributed by atoms with Crippen molar-refractivity contribution in [3.63, 3.8) is 0 Å². The van der Waals surface area contributed by atoms with E-state index in [4.69, 9.17) is 9.47 Å². The first-order valence-corrected chi connectivity index (χ1v) is 8.58. The zero-order valence-electron chi connectivity index (χ0n) is 13.8. The predicted octanol–water partition coefficient (Wildman–Crippen LogP) is 3.76. The van der Waals surface area contributed by atoms with Crippen molar-refractivity contribution in [2.45, 2.75) is 25.1 Å². The molecule has 8 heteroatoms. The molecule has 1 atom stereocenters. The smallest absolute Gasteiger partial charge is 0.389 e. The van der Waals surface area contributed by atoms with Crippen molar-refractivity contribution in [1.29, 1.82) is 0 Å². The van der Waals surface area contributed by atoms with E-state index >= 15 is 0 Å². The molecule has 1 aromatic rings. The lowest BCUT2D eigenvalue weighted by molar-refractivity contribution is -0.138. The van der Waals surface area contributed by atoms with Gasteiger partial charge in [0.25, 0.3) is 0 Å². The van der Waals surface area contributed by atoms with Crippen molar-refractivity contribution in [2.75, 3.05) is 40.4 Å². The lowest BCUT2D eigenvalue weighted by Crippen LogP contribution is -2.45. The molecule has 1 fully saturated rings. The Balaban J connectivity index is 2.37. The van der Waals surface area contributed by atoms with Gasteiger partial charge in [-0.3, -0.25) is 4.90 Å². The van der Waals surface area contributed by atoms with E-state index in [1.807, 2.05) is 0 Å². The number of methoxy groups -OCH3 is 2. The summed E-state index contributed by atoms with van der Waals surface area (Å²) in [7, 11) is 3.06. The van der Waals surface area contributed by atoms with E-state index < -0.39 is 12.6 Å². The molecule has 4 nitrogen and oxygen atoms in total. The Morgan fingerprint density at radius 3 is 2.33 bits per heavy atom. The van der Waals surface area contributed by atoms with E-state index in [2.05, 4.69) is 26.1 Å². The summed E-state index contributed by atoms with van der Waals surface area (Å²) >= 11 is 3.39. The van der Waals surface area contributed by atoms with Crippen LogP contribution in [0.25, 0.3) is 0 Å². The SMILES string of the molecule is COc1cc([C@H](CCC(F)(F)F)N2CCNCC2)c(OC)cc1Br. The van der Waals surface area contributed by atoms with Crippen LogP contribution in [0.15, 0.2) is 16.6 Å². The highest BCUT2D eigenvalue weighted by atomic mass is 79.9. The van der Waals surface area contributed by atoms with Gasteiger partial charge in [0.05, 0.1) is 18.7 Å². The number of benzene rings is 1. The number of hydrogen-bond donors (Lipinski definition) is 1. The first-order chi connectivity index (χ1) is 11.4. The second kappa shape index (κ2) is 8.40. The maximum Gasteiger partial charge on any atom is 0.389 e. The van der Waals surface area contributed by atoms with Crippen molar-refractivity contribution in [1.82, 2.24) is 10.2 Å². The van der Waals surface area contributed by atoms with E-state index in [9.17, 15) is 13.2 Å². The van der Waals surface area contributed by atoms with E-state index in [0.29, 0.717) is 29.1 Å². The van der Waals surface area contributed by atoms with Gasteiger partial charge in [-0.1, -0.05) is 0 Å². The third-order valence-electron chi connectivity index (χ3n) is 4.16. The van der Waals surface area contributed by atoms with Crippen LogP contribution in [0, 0.1) is 0 Å². The number of alkyl halides is 3. The van der Waals surface area contributed by atoms with Gasteiger partial charge in [0.2, 0.25) is 0 Å². The normalized spacial score (nSPS) is 17.6. The topological polar surface area (TPSA) is 33.7 Å². The molecular weight excluding hydrogens is 389 g/mol. The summed E-state index contributed by atoms with van der Waals surface area (Å²) in [6, 6.07) is 3.15. The van der Waals surface area contributed by atoms with E-state index in [1.54, 1.807) is 12.1 Å². The van der Waals surface area contributed by atoms with Gasteiger partial charge in [-0.2, -0.15) is 13.2 Å². The zero-order valence-corrected chi connectivity index (χ0v) is 15.3. The zero-order chi connectivity index (χ0) is 17.7. The molecule has 1 heterocycles. The molecule has 0 bridgehead atoms. The molecule has 0 unspecified atom stereocenters. The highest BCUT2D eigenvalue weighted by molar-refractivity contribution is 9.10. The molecule has 1 aromatic carbocycles. The summed E-state index contributed by atoms with van der Waals surface area (Å²) in [5.41, 5.74) is 0.726. The number of piperazine rings is 1. The number of ether oxygens (including phenoxy) is 2. The quantitative estimate of drug-likeness (QED) is 0.773. The van der Waals surface area contributed by atoms with Crippen LogP contribution >= 0.6 is 15.9 Å². The lowest BCUT2D eigenvalue weighted by atomic mass is 9.98. The van der Waals surface area contributed by atoms with Crippen molar-refractivity contribution < 1.29 is 22.6 Å². The summed E-state index contributed by atoms with van der Waals surface area (Å²) in [4.78, 5) is 2.08. The summed E-state index contributed by atoms with van der Waals surface area (Å²) < 4.78 is 49.8. The maximum atomic E-state index is 12.8. The van der Waals surface area contributed by atoms with Crippen molar-refractivity contribution in [3.05, 3.63) is 22.2 Å². The molecule has 1 aliphatic rings. The monoisotopic (exact) mass is 410 g/mol. The molecule has 24 heavy (non-hydrogen) atoms. The minimum absolute atomic E-state index is 0.00928. The molecule has 0 aliphatic carbocycles. The molecular formula is C16H22BrF3N2O2. The van der Waals surface area contributed by atoms with Gasteiger partial charge in [-0.05, 0) is 34.5 Å². The Hall–Kier alpha value is -0.990. The Bertz CT molecular complexity index is 549. The molecule has 1 N–H and O–H groups in total. The van der Waals surface area contributed by atoms with Crippen molar-refractivity contribution in [2.24, 2.45) is 0 Å². The third kappa shape index (κ3) is 5.00. The van der Waals surface area contributed by atoms with Crippen LogP contribution in [0.3, 0.4) is 0 Å². The van der Waals surface area contributed by atoms with Gasteiger partial charge in [0.1, 0.15) is 11.5 Å². The standard InChI is InChI=1S/C16H22BrF3N2O2/c1-23-14-10-12(17)15(24-2)9-11(14)13(3-4-16(18,19)20)22-7-5-21-6-8-22/h9-10,13,21H,3-8H2,1-2H3/t13-/m0/s1. The average molecular weight is 411 g/mol. The van der Waals surface area contributed by atoms with E-state index in [0.717, 1.165) is 18.7 Å². The fourth-order valence-corrected chi connectivity index (χ4v) is 3.46. The molecule has 2 rings (SSSR count). The molecule has 0 aromatic heterocycles. The van der Waals surface area contributed by atoms with Crippen LogP contribution in [0.4, 0.5) is 13.2 Å².